The normalized spacial score (nSPS) is 14.1. The highest BCUT2D eigenvalue weighted by Gasteiger charge is 2.21. The summed E-state index contributed by atoms with van der Waals surface area (Å²) in [4.78, 5) is 10.9. The standard InChI is InChI=1S/C14H19BrO2S/c1-11(10-13(16)17)14(18-9-5-8-15)12-6-3-2-4-7-12/h2-4,6-7,11,14H,5,8-10H2,1H3,(H,16,17). The predicted octanol–water partition coefficient (Wildman–Crippen LogP) is 4.36. The molecular weight excluding hydrogens is 312 g/mol. The quantitative estimate of drug-likeness (QED) is 0.568. The van der Waals surface area contributed by atoms with Gasteiger partial charge in [-0.3, -0.25) is 4.79 Å². The number of thioether (sulfide) groups is 1. The van der Waals surface area contributed by atoms with Crippen molar-refractivity contribution in [2.75, 3.05) is 11.1 Å². The molecule has 18 heavy (non-hydrogen) atoms. The second kappa shape index (κ2) is 8.59. The van der Waals surface area contributed by atoms with E-state index in [2.05, 4.69) is 28.1 Å². The minimum absolute atomic E-state index is 0.144. The Kier molecular flexibility index (Phi) is 7.44. The number of benzene rings is 1. The number of carboxylic acid groups (broad SMARTS) is 1. The van der Waals surface area contributed by atoms with E-state index in [1.165, 1.54) is 5.56 Å². The molecule has 100 valence electrons. The largest absolute Gasteiger partial charge is 0.481 e. The van der Waals surface area contributed by atoms with Crippen molar-refractivity contribution >= 4 is 33.7 Å². The molecule has 0 radical (unpaired) electrons. The Bertz CT molecular complexity index is 356. The van der Waals surface area contributed by atoms with Crippen LogP contribution in [0.15, 0.2) is 30.3 Å². The maximum atomic E-state index is 10.9. The van der Waals surface area contributed by atoms with Crippen molar-refractivity contribution in [1.29, 1.82) is 0 Å². The molecule has 1 aromatic rings. The first-order valence-corrected chi connectivity index (χ1v) is 8.26. The highest BCUT2D eigenvalue weighted by atomic mass is 79.9. The van der Waals surface area contributed by atoms with Crippen LogP contribution in [0.1, 0.15) is 30.6 Å². The number of rotatable bonds is 8. The lowest BCUT2D eigenvalue weighted by Gasteiger charge is -2.22. The van der Waals surface area contributed by atoms with Gasteiger partial charge in [0.2, 0.25) is 0 Å². The minimum Gasteiger partial charge on any atom is -0.481 e. The smallest absolute Gasteiger partial charge is 0.303 e. The lowest BCUT2D eigenvalue weighted by molar-refractivity contribution is -0.137. The zero-order valence-corrected chi connectivity index (χ0v) is 12.9. The van der Waals surface area contributed by atoms with Gasteiger partial charge in [-0.2, -0.15) is 11.8 Å². The number of hydrogen-bond donors (Lipinski definition) is 1. The summed E-state index contributed by atoms with van der Waals surface area (Å²) < 4.78 is 0. The van der Waals surface area contributed by atoms with Crippen molar-refractivity contribution in [2.24, 2.45) is 5.92 Å². The number of alkyl halides is 1. The topological polar surface area (TPSA) is 37.3 Å². The van der Waals surface area contributed by atoms with E-state index in [-0.39, 0.29) is 17.6 Å². The number of hydrogen-bond acceptors (Lipinski definition) is 2. The van der Waals surface area contributed by atoms with Gasteiger partial charge >= 0.3 is 5.97 Å². The lowest BCUT2D eigenvalue weighted by atomic mass is 9.97. The second-order valence-corrected chi connectivity index (χ2v) is 6.36. The van der Waals surface area contributed by atoms with Gasteiger partial charge in [0.15, 0.2) is 0 Å². The Morgan fingerprint density at radius 1 is 1.39 bits per heavy atom. The molecule has 0 heterocycles. The number of aliphatic carboxylic acids is 1. The second-order valence-electron chi connectivity index (χ2n) is 4.32. The molecular formula is C14H19BrO2S. The Morgan fingerprint density at radius 3 is 2.61 bits per heavy atom. The number of halogens is 1. The van der Waals surface area contributed by atoms with Crippen LogP contribution in [-0.4, -0.2) is 22.2 Å². The maximum Gasteiger partial charge on any atom is 0.303 e. The van der Waals surface area contributed by atoms with Crippen molar-refractivity contribution in [1.82, 2.24) is 0 Å². The van der Waals surface area contributed by atoms with E-state index < -0.39 is 5.97 Å². The van der Waals surface area contributed by atoms with E-state index in [1.807, 2.05) is 36.9 Å². The van der Waals surface area contributed by atoms with Gasteiger partial charge in [-0.15, -0.1) is 0 Å². The number of carbonyl (C=O) groups is 1. The molecule has 0 amide bonds. The summed E-state index contributed by atoms with van der Waals surface area (Å²) in [5.74, 6) is 0.476. The predicted molar refractivity (Wildman–Crippen MR) is 81.5 cm³/mol. The fourth-order valence-corrected chi connectivity index (χ4v) is 3.87. The third-order valence-electron chi connectivity index (χ3n) is 2.72. The SMILES string of the molecule is CC(CC(=O)O)C(SCCCBr)c1ccccc1. The van der Waals surface area contributed by atoms with Crippen molar-refractivity contribution in [3.8, 4) is 0 Å². The van der Waals surface area contributed by atoms with Crippen LogP contribution in [0.3, 0.4) is 0 Å². The molecule has 4 heteroatoms. The van der Waals surface area contributed by atoms with Gasteiger partial charge in [0, 0.05) is 17.0 Å². The van der Waals surface area contributed by atoms with Gasteiger partial charge in [-0.05, 0) is 23.7 Å². The lowest BCUT2D eigenvalue weighted by Crippen LogP contribution is -2.12. The summed E-state index contributed by atoms with van der Waals surface area (Å²) in [7, 11) is 0. The van der Waals surface area contributed by atoms with Crippen LogP contribution >= 0.6 is 27.7 Å². The first-order valence-electron chi connectivity index (χ1n) is 6.09. The van der Waals surface area contributed by atoms with Gasteiger partial charge in [-0.25, -0.2) is 0 Å². The first-order chi connectivity index (χ1) is 8.65. The van der Waals surface area contributed by atoms with Gasteiger partial charge in [0.05, 0.1) is 0 Å². The average molecular weight is 331 g/mol. The van der Waals surface area contributed by atoms with Crippen molar-refractivity contribution in [3.63, 3.8) is 0 Å². The van der Waals surface area contributed by atoms with E-state index in [9.17, 15) is 4.79 Å². The molecule has 1 aromatic carbocycles. The average Bonchev–Trinajstić information content (AvgIpc) is 2.35. The molecule has 0 spiro atoms. The molecule has 0 saturated heterocycles. The molecule has 0 bridgehead atoms. The third kappa shape index (κ3) is 5.44. The summed E-state index contributed by atoms with van der Waals surface area (Å²) in [5.41, 5.74) is 1.23. The maximum absolute atomic E-state index is 10.9. The summed E-state index contributed by atoms with van der Waals surface area (Å²) in [6, 6.07) is 10.2. The van der Waals surface area contributed by atoms with Gasteiger partial charge in [0.25, 0.3) is 0 Å². The molecule has 2 unspecified atom stereocenters. The highest BCUT2D eigenvalue weighted by Crippen LogP contribution is 2.37. The zero-order valence-electron chi connectivity index (χ0n) is 10.5. The summed E-state index contributed by atoms with van der Waals surface area (Å²) in [6.45, 7) is 2.02. The summed E-state index contributed by atoms with van der Waals surface area (Å²) in [5, 5.41) is 10.2. The van der Waals surface area contributed by atoms with Crippen LogP contribution in [0.25, 0.3) is 0 Å². The molecule has 1 N–H and O–H groups in total. The highest BCUT2D eigenvalue weighted by molar-refractivity contribution is 9.09. The van der Waals surface area contributed by atoms with Crippen molar-refractivity contribution in [3.05, 3.63) is 35.9 Å². The fraction of sp³-hybridized carbons (Fsp3) is 0.500. The molecule has 2 nitrogen and oxygen atoms in total. The molecule has 0 aliphatic rings. The van der Waals surface area contributed by atoms with Crippen molar-refractivity contribution in [2.45, 2.75) is 25.0 Å². The fourth-order valence-electron chi connectivity index (χ4n) is 1.88. The molecule has 0 fully saturated rings. The van der Waals surface area contributed by atoms with E-state index in [0.717, 1.165) is 17.5 Å². The van der Waals surface area contributed by atoms with Crippen LogP contribution in [0, 0.1) is 5.92 Å². The Hall–Kier alpha value is -0.480. The third-order valence-corrected chi connectivity index (χ3v) is 4.90. The first kappa shape index (κ1) is 15.6. The van der Waals surface area contributed by atoms with Crippen LogP contribution in [-0.2, 0) is 4.79 Å². The molecule has 0 aliphatic carbocycles. The molecule has 0 aliphatic heterocycles. The van der Waals surface area contributed by atoms with E-state index >= 15 is 0 Å². The molecule has 0 saturated carbocycles. The number of carboxylic acids is 1. The van der Waals surface area contributed by atoms with E-state index in [1.54, 1.807) is 0 Å². The van der Waals surface area contributed by atoms with E-state index in [4.69, 9.17) is 5.11 Å². The Balaban J connectivity index is 2.71. The Morgan fingerprint density at radius 2 is 2.06 bits per heavy atom. The van der Waals surface area contributed by atoms with Crippen LogP contribution in [0.4, 0.5) is 0 Å². The van der Waals surface area contributed by atoms with Crippen LogP contribution in [0.5, 0.6) is 0 Å². The molecule has 0 aromatic heterocycles. The van der Waals surface area contributed by atoms with E-state index in [0.29, 0.717) is 0 Å². The molecule has 1 rings (SSSR count). The minimum atomic E-state index is -0.718. The van der Waals surface area contributed by atoms with Crippen molar-refractivity contribution < 1.29 is 9.90 Å². The Labute approximate surface area is 121 Å². The van der Waals surface area contributed by atoms with Gasteiger partial charge in [-0.1, -0.05) is 53.2 Å². The summed E-state index contributed by atoms with van der Waals surface area (Å²) >= 11 is 5.28. The van der Waals surface area contributed by atoms with Gasteiger partial charge in [0.1, 0.15) is 0 Å². The van der Waals surface area contributed by atoms with Gasteiger partial charge < -0.3 is 5.11 Å². The van der Waals surface area contributed by atoms with Crippen LogP contribution < -0.4 is 0 Å². The monoisotopic (exact) mass is 330 g/mol. The van der Waals surface area contributed by atoms with Crippen LogP contribution in [0.2, 0.25) is 0 Å². The zero-order chi connectivity index (χ0) is 13.4. The summed E-state index contributed by atoms with van der Waals surface area (Å²) in [6.07, 6.45) is 1.33. The molecule has 2 atom stereocenters.